The first kappa shape index (κ1) is 16.2. The van der Waals surface area contributed by atoms with Crippen molar-refractivity contribution in [3.8, 4) is 0 Å². The number of aryl methyl sites for hydroxylation is 1. The summed E-state index contributed by atoms with van der Waals surface area (Å²) in [7, 11) is 0. The fourth-order valence-corrected chi connectivity index (χ4v) is 2.47. The minimum Gasteiger partial charge on any atom is -0.339 e. The average molecular weight is 352 g/mol. The Kier molecular flexibility index (Phi) is 5.53. The molecule has 5 heteroatoms. The predicted octanol–water partition coefficient (Wildman–Crippen LogP) is 3.73. The van der Waals surface area contributed by atoms with Crippen LogP contribution in [0.25, 0.3) is 0 Å². The standard InChI is InChI=1S/C16H22BrN3O/c1-16(2,9-10-18)8-7-15-19-14(20-21-15)11-12-3-5-13(17)6-4-12/h3-6H,7-11,18H2,1-2H3. The van der Waals surface area contributed by atoms with Gasteiger partial charge in [-0.2, -0.15) is 4.98 Å². The number of halogens is 1. The number of hydrogen-bond donors (Lipinski definition) is 1. The minimum atomic E-state index is 0.217. The molecule has 21 heavy (non-hydrogen) atoms. The first-order chi connectivity index (χ1) is 9.98. The van der Waals surface area contributed by atoms with E-state index in [1.165, 1.54) is 5.56 Å². The quantitative estimate of drug-likeness (QED) is 0.825. The topological polar surface area (TPSA) is 64.9 Å². The lowest BCUT2D eigenvalue weighted by Crippen LogP contribution is -2.17. The summed E-state index contributed by atoms with van der Waals surface area (Å²) in [5, 5.41) is 4.06. The fourth-order valence-electron chi connectivity index (χ4n) is 2.21. The summed E-state index contributed by atoms with van der Waals surface area (Å²) in [5.74, 6) is 1.45. The van der Waals surface area contributed by atoms with Gasteiger partial charge in [-0.05, 0) is 42.5 Å². The molecule has 4 nitrogen and oxygen atoms in total. The highest BCUT2D eigenvalue weighted by molar-refractivity contribution is 9.10. The maximum atomic E-state index is 5.63. The Morgan fingerprint density at radius 2 is 1.90 bits per heavy atom. The molecule has 2 N–H and O–H groups in total. The van der Waals surface area contributed by atoms with Gasteiger partial charge in [0, 0.05) is 17.3 Å². The van der Waals surface area contributed by atoms with E-state index in [1.54, 1.807) is 0 Å². The highest BCUT2D eigenvalue weighted by atomic mass is 79.9. The molecule has 0 unspecified atom stereocenters. The van der Waals surface area contributed by atoms with Crippen LogP contribution in [0.2, 0.25) is 0 Å². The lowest BCUT2D eigenvalue weighted by molar-refractivity contribution is 0.289. The molecule has 2 rings (SSSR count). The molecule has 0 bridgehead atoms. The molecular formula is C16H22BrN3O. The summed E-state index contributed by atoms with van der Waals surface area (Å²) in [5.41, 5.74) is 7.02. The number of nitrogens with two attached hydrogens (primary N) is 1. The van der Waals surface area contributed by atoms with Crippen LogP contribution >= 0.6 is 15.9 Å². The third-order valence-corrected chi connectivity index (χ3v) is 4.15. The van der Waals surface area contributed by atoms with E-state index in [2.05, 4.69) is 52.1 Å². The van der Waals surface area contributed by atoms with Gasteiger partial charge in [0.15, 0.2) is 5.82 Å². The lowest BCUT2D eigenvalue weighted by Gasteiger charge is -2.22. The van der Waals surface area contributed by atoms with E-state index >= 15 is 0 Å². The molecule has 0 saturated heterocycles. The van der Waals surface area contributed by atoms with Gasteiger partial charge in [0.05, 0.1) is 0 Å². The van der Waals surface area contributed by atoms with Gasteiger partial charge >= 0.3 is 0 Å². The third kappa shape index (κ3) is 5.25. The zero-order valence-electron chi connectivity index (χ0n) is 12.6. The molecule has 114 valence electrons. The van der Waals surface area contributed by atoms with Crippen LogP contribution in [-0.2, 0) is 12.8 Å². The number of aromatic nitrogens is 2. The van der Waals surface area contributed by atoms with Crippen molar-refractivity contribution in [2.45, 2.75) is 39.5 Å². The molecule has 0 radical (unpaired) electrons. The monoisotopic (exact) mass is 351 g/mol. The van der Waals surface area contributed by atoms with Gasteiger partial charge in [-0.1, -0.05) is 47.1 Å². The highest BCUT2D eigenvalue weighted by Gasteiger charge is 2.18. The van der Waals surface area contributed by atoms with Crippen molar-refractivity contribution < 1.29 is 4.52 Å². The van der Waals surface area contributed by atoms with Crippen molar-refractivity contribution in [3.63, 3.8) is 0 Å². The molecule has 1 aromatic carbocycles. The Hall–Kier alpha value is -1.20. The van der Waals surface area contributed by atoms with E-state index in [-0.39, 0.29) is 5.41 Å². The Balaban J connectivity index is 1.91. The lowest BCUT2D eigenvalue weighted by atomic mass is 9.84. The van der Waals surface area contributed by atoms with Crippen molar-refractivity contribution in [3.05, 3.63) is 46.0 Å². The van der Waals surface area contributed by atoms with E-state index < -0.39 is 0 Å². The second kappa shape index (κ2) is 7.18. The second-order valence-electron chi connectivity index (χ2n) is 6.11. The number of nitrogens with zero attached hydrogens (tertiary/aromatic N) is 2. The maximum Gasteiger partial charge on any atom is 0.226 e. The second-order valence-corrected chi connectivity index (χ2v) is 7.03. The van der Waals surface area contributed by atoms with Crippen molar-refractivity contribution >= 4 is 15.9 Å². The van der Waals surface area contributed by atoms with Crippen LogP contribution in [-0.4, -0.2) is 16.7 Å². The van der Waals surface area contributed by atoms with Crippen molar-refractivity contribution in [2.24, 2.45) is 11.1 Å². The molecule has 1 heterocycles. The molecule has 0 aliphatic rings. The van der Waals surface area contributed by atoms with Crippen molar-refractivity contribution in [1.29, 1.82) is 0 Å². The van der Waals surface area contributed by atoms with E-state index in [9.17, 15) is 0 Å². The Bertz CT molecular complexity index is 563. The van der Waals surface area contributed by atoms with Crippen LogP contribution in [0.5, 0.6) is 0 Å². The van der Waals surface area contributed by atoms with Gasteiger partial charge in [-0.15, -0.1) is 0 Å². The van der Waals surface area contributed by atoms with Gasteiger partial charge < -0.3 is 10.3 Å². The largest absolute Gasteiger partial charge is 0.339 e. The molecular weight excluding hydrogens is 330 g/mol. The van der Waals surface area contributed by atoms with Crippen LogP contribution < -0.4 is 5.73 Å². The molecule has 0 atom stereocenters. The minimum absolute atomic E-state index is 0.217. The molecule has 0 fully saturated rings. The zero-order valence-corrected chi connectivity index (χ0v) is 14.2. The molecule has 0 aliphatic heterocycles. The molecule has 0 spiro atoms. The van der Waals surface area contributed by atoms with Crippen LogP contribution in [0.1, 0.15) is 44.0 Å². The normalized spacial score (nSPS) is 11.8. The Morgan fingerprint density at radius 1 is 1.19 bits per heavy atom. The molecule has 0 amide bonds. The van der Waals surface area contributed by atoms with Crippen molar-refractivity contribution in [1.82, 2.24) is 10.1 Å². The number of hydrogen-bond acceptors (Lipinski definition) is 4. The summed E-state index contributed by atoms with van der Waals surface area (Å²) < 4.78 is 6.40. The van der Waals surface area contributed by atoms with Crippen molar-refractivity contribution in [2.75, 3.05) is 6.54 Å². The van der Waals surface area contributed by atoms with E-state index in [4.69, 9.17) is 10.3 Å². The summed E-state index contributed by atoms with van der Waals surface area (Å²) in [4.78, 5) is 4.47. The van der Waals surface area contributed by atoms with E-state index in [0.717, 1.165) is 29.6 Å². The van der Waals surface area contributed by atoms with Gasteiger partial charge in [-0.25, -0.2) is 0 Å². The van der Waals surface area contributed by atoms with Gasteiger partial charge in [0.2, 0.25) is 5.89 Å². The molecule has 0 aliphatic carbocycles. The zero-order chi connectivity index (χ0) is 15.3. The Morgan fingerprint density at radius 3 is 2.57 bits per heavy atom. The fraction of sp³-hybridized carbons (Fsp3) is 0.500. The summed E-state index contributed by atoms with van der Waals surface area (Å²) >= 11 is 3.43. The van der Waals surface area contributed by atoms with Crippen LogP contribution in [0.4, 0.5) is 0 Å². The van der Waals surface area contributed by atoms with Gasteiger partial charge in [-0.3, -0.25) is 0 Å². The molecule has 2 aromatic rings. The predicted molar refractivity (Wildman–Crippen MR) is 87.0 cm³/mol. The van der Waals surface area contributed by atoms with Crippen LogP contribution in [0, 0.1) is 5.41 Å². The summed E-state index contributed by atoms with van der Waals surface area (Å²) in [6.45, 7) is 5.16. The third-order valence-electron chi connectivity index (χ3n) is 3.62. The summed E-state index contributed by atoms with van der Waals surface area (Å²) in [6.07, 6.45) is 3.51. The smallest absolute Gasteiger partial charge is 0.226 e. The SMILES string of the molecule is CC(C)(CCN)CCc1nc(Cc2ccc(Br)cc2)no1. The number of benzene rings is 1. The van der Waals surface area contributed by atoms with E-state index in [1.807, 2.05) is 12.1 Å². The first-order valence-corrected chi connectivity index (χ1v) is 8.04. The molecule has 0 saturated carbocycles. The van der Waals surface area contributed by atoms with Gasteiger partial charge in [0.25, 0.3) is 0 Å². The molecule has 1 aromatic heterocycles. The summed E-state index contributed by atoms with van der Waals surface area (Å²) in [6, 6.07) is 8.16. The maximum absolute atomic E-state index is 5.63. The highest BCUT2D eigenvalue weighted by Crippen LogP contribution is 2.26. The van der Waals surface area contributed by atoms with Gasteiger partial charge in [0.1, 0.15) is 0 Å². The first-order valence-electron chi connectivity index (χ1n) is 7.24. The number of rotatable bonds is 7. The van der Waals surface area contributed by atoms with Crippen LogP contribution in [0.15, 0.2) is 33.3 Å². The van der Waals surface area contributed by atoms with E-state index in [0.29, 0.717) is 18.9 Å². The van der Waals surface area contributed by atoms with Crippen LogP contribution in [0.3, 0.4) is 0 Å². The average Bonchev–Trinajstić information content (AvgIpc) is 2.87. The Labute approximate surface area is 134 Å².